The number of esters is 1. The molecule has 3 aromatic rings. The molecule has 0 aliphatic rings. The molecule has 3 rings (SSSR count). The van der Waals surface area contributed by atoms with Gasteiger partial charge in [0.15, 0.2) is 4.80 Å². The van der Waals surface area contributed by atoms with E-state index < -0.39 is 0 Å². The smallest absolute Gasteiger partial charge is 0.325 e. The molecule has 1 aromatic heterocycles. The van der Waals surface area contributed by atoms with Crippen molar-refractivity contribution in [3.63, 3.8) is 0 Å². The maximum Gasteiger partial charge on any atom is 0.325 e. The van der Waals surface area contributed by atoms with E-state index in [-0.39, 0.29) is 23.8 Å². The zero-order chi connectivity index (χ0) is 21.3. The molecule has 29 heavy (non-hydrogen) atoms. The minimum Gasteiger partial charge on any atom is -0.468 e. The highest BCUT2D eigenvalue weighted by Gasteiger charge is 2.16. The van der Waals surface area contributed by atoms with E-state index in [0.29, 0.717) is 10.4 Å². The van der Waals surface area contributed by atoms with Crippen LogP contribution in [-0.2, 0) is 21.5 Å². The molecule has 152 valence electrons. The van der Waals surface area contributed by atoms with Crippen LogP contribution in [0.15, 0.2) is 41.4 Å². The summed E-state index contributed by atoms with van der Waals surface area (Å²) in [6.45, 7) is 10.4. The lowest BCUT2D eigenvalue weighted by Gasteiger charge is -2.18. The van der Waals surface area contributed by atoms with Crippen LogP contribution in [-0.4, -0.2) is 23.6 Å². The van der Waals surface area contributed by atoms with E-state index in [0.717, 1.165) is 26.9 Å². The van der Waals surface area contributed by atoms with Crippen LogP contribution in [0.3, 0.4) is 0 Å². The van der Waals surface area contributed by atoms with Crippen molar-refractivity contribution in [3.8, 4) is 0 Å². The molecule has 0 spiro atoms. The summed E-state index contributed by atoms with van der Waals surface area (Å²) in [5.74, 6) is -0.710. The molecule has 0 bridgehead atoms. The first-order valence-corrected chi connectivity index (χ1v) is 10.3. The number of methoxy groups -OCH3 is 1. The first kappa shape index (κ1) is 21.0. The quantitative estimate of drug-likeness (QED) is 0.596. The first-order chi connectivity index (χ1) is 13.6. The van der Waals surface area contributed by atoms with Gasteiger partial charge in [-0.05, 0) is 54.2 Å². The van der Waals surface area contributed by atoms with Crippen LogP contribution in [0, 0.1) is 13.8 Å². The Labute approximate surface area is 174 Å². The topological polar surface area (TPSA) is 60.7 Å². The summed E-state index contributed by atoms with van der Waals surface area (Å²) < 4.78 is 7.60. The molecule has 0 saturated heterocycles. The van der Waals surface area contributed by atoms with Crippen molar-refractivity contribution in [3.05, 3.63) is 63.5 Å². The number of nitrogens with zero attached hydrogens (tertiary/aromatic N) is 2. The van der Waals surface area contributed by atoms with E-state index in [1.54, 1.807) is 16.7 Å². The molecule has 0 N–H and O–H groups in total. The summed E-state index contributed by atoms with van der Waals surface area (Å²) in [4.78, 5) is 29.6. The SMILES string of the molecule is COC(=O)Cn1c(=NC(=O)c2ccc(C(C)(C)C)cc2)sc2cc(C)cc(C)c21. The number of aryl methyl sites for hydroxylation is 2. The van der Waals surface area contributed by atoms with Crippen molar-refractivity contribution in [1.82, 2.24) is 4.57 Å². The molecule has 6 heteroatoms. The van der Waals surface area contributed by atoms with Crippen LogP contribution in [0.4, 0.5) is 0 Å². The van der Waals surface area contributed by atoms with E-state index in [1.165, 1.54) is 18.4 Å². The zero-order valence-corrected chi connectivity index (χ0v) is 18.5. The average Bonchev–Trinajstić information content (AvgIpc) is 2.97. The number of aromatic nitrogens is 1. The number of hydrogen-bond acceptors (Lipinski definition) is 4. The minimum atomic E-state index is -0.381. The molecule has 1 amide bonds. The number of fused-ring (bicyclic) bond motifs is 1. The van der Waals surface area contributed by atoms with Crippen molar-refractivity contribution in [1.29, 1.82) is 0 Å². The molecule has 1 heterocycles. The Morgan fingerprint density at radius 2 is 1.76 bits per heavy atom. The van der Waals surface area contributed by atoms with Gasteiger partial charge in [0, 0.05) is 5.56 Å². The Balaban J connectivity index is 2.11. The van der Waals surface area contributed by atoms with Gasteiger partial charge in [-0.3, -0.25) is 9.59 Å². The lowest BCUT2D eigenvalue weighted by Crippen LogP contribution is -2.22. The summed E-state index contributed by atoms with van der Waals surface area (Å²) >= 11 is 1.40. The van der Waals surface area contributed by atoms with Crippen molar-refractivity contribution in [2.45, 2.75) is 46.6 Å². The fourth-order valence-corrected chi connectivity index (χ4v) is 4.49. The predicted molar refractivity (Wildman–Crippen MR) is 116 cm³/mol. The highest BCUT2D eigenvalue weighted by molar-refractivity contribution is 7.16. The minimum absolute atomic E-state index is 0.00940. The van der Waals surface area contributed by atoms with E-state index in [9.17, 15) is 9.59 Å². The van der Waals surface area contributed by atoms with Crippen molar-refractivity contribution in [2.75, 3.05) is 7.11 Å². The lowest BCUT2D eigenvalue weighted by atomic mass is 9.87. The van der Waals surface area contributed by atoms with E-state index in [4.69, 9.17) is 4.74 Å². The molecule has 5 nitrogen and oxygen atoms in total. The van der Waals surface area contributed by atoms with Gasteiger partial charge in [0.2, 0.25) is 0 Å². The Bertz CT molecular complexity index is 1150. The van der Waals surface area contributed by atoms with Crippen LogP contribution in [0.2, 0.25) is 0 Å². The van der Waals surface area contributed by atoms with E-state index in [2.05, 4.69) is 31.8 Å². The Morgan fingerprint density at radius 3 is 2.34 bits per heavy atom. The number of benzene rings is 2. The standard InChI is InChI=1S/C23H26N2O3S/c1-14-11-15(2)20-18(12-14)29-22(25(20)13-19(26)28-6)24-21(27)16-7-9-17(10-8-16)23(3,4)5/h7-12H,13H2,1-6H3. The fourth-order valence-electron chi connectivity index (χ4n) is 3.28. The van der Waals surface area contributed by atoms with Gasteiger partial charge >= 0.3 is 5.97 Å². The van der Waals surface area contributed by atoms with Crippen LogP contribution in [0.25, 0.3) is 10.2 Å². The van der Waals surface area contributed by atoms with Crippen LogP contribution < -0.4 is 4.80 Å². The lowest BCUT2D eigenvalue weighted by molar-refractivity contribution is -0.141. The number of ether oxygens (including phenoxy) is 1. The number of hydrogen-bond donors (Lipinski definition) is 0. The maximum absolute atomic E-state index is 12.8. The second kappa shape index (κ2) is 7.95. The molecule has 2 aromatic carbocycles. The van der Waals surface area contributed by atoms with Crippen LogP contribution >= 0.6 is 11.3 Å². The number of carbonyl (C=O) groups excluding carboxylic acids is 2. The number of carbonyl (C=O) groups is 2. The Morgan fingerprint density at radius 1 is 1.10 bits per heavy atom. The summed E-state index contributed by atoms with van der Waals surface area (Å²) in [7, 11) is 1.35. The number of rotatable bonds is 3. The van der Waals surface area contributed by atoms with Gasteiger partial charge < -0.3 is 9.30 Å². The zero-order valence-electron chi connectivity index (χ0n) is 17.7. The third-order valence-corrected chi connectivity index (χ3v) is 5.85. The van der Waals surface area contributed by atoms with Gasteiger partial charge in [0.25, 0.3) is 5.91 Å². The highest BCUT2D eigenvalue weighted by atomic mass is 32.1. The third kappa shape index (κ3) is 4.48. The number of thiazole rings is 1. The average molecular weight is 411 g/mol. The molecule has 0 radical (unpaired) electrons. The van der Waals surface area contributed by atoms with Crippen LogP contribution in [0.5, 0.6) is 0 Å². The fraction of sp³-hybridized carbons (Fsp3) is 0.348. The van der Waals surface area contributed by atoms with Gasteiger partial charge in [0.1, 0.15) is 6.54 Å². The van der Waals surface area contributed by atoms with Gasteiger partial charge in [-0.15, -0.1) is 0 Å². The van der Waals surface area contributed by atoms with Gasteiger partial charge in [-0.1, -0.05) is 50.3 Å². The highest BCUT2D eigenvalue weighted by Crippen LogP contribution is 2.24. The summed E-state index contributed by atoms with van der Waals surface area (Å²) in [6, 6.07) is 11.6. The molecular formula is C23H26N2O3S. The molecule has 0 atom stereocenters. The van der Waals surface area contributed by atoms with Crippen LogP contribution in [0.1, 0.15) is 47.8 Å². The first-order valence-electron chi connectivity index (χ1n) is 9.47. The monoisotopic (exact) mass is 410 g/mol. The maximum atomic E-state index is 12.8. The molecule has 0 fully saturated rings. The molecular weight excluding hydrogens is 384 g/mol. The molecule has 0 aliphatic carbocycles. The van der Waals surface area contributed by atoms with Gasteiger partial charge in [-0.2, -0.15) is 4.99 Å². The largest absolute Gasteiger partial charge is 0.468 e. The summed E-state index contributed by atoms with van der Waals surface area (Å²) in [6.07, 6.45) is 0. The Hall–Kier alpha value is -2.73. The Kier molecular flexibility index (Phi) is 5.75. The van der Waals surface area contributed by atoms with Crippen molar-refractivity contribution >= 4 is 33.4 Å². The summed E-state index contributed by atoms with van der Waals surface area (Å²) in [5.41, 5.74) is 4.75. The second-order valence-corrected chi connectivity index (χ2v) is 9.23. The van der Waals surface area contributed by atoms with Gasteiger partial charge in [0.05, 0.1) is 17.3 Å². The van der Waals surface area contributed by atoms with Gasteiger partial charge in [-0.25, -0.2) is 0 Å². The molecule has 0 aliphatic heterocycles. The van der Waals surface area contributed by atoms with E-state index in [1.807, 2.05) is 32.0 Å². The number of amides is 1. The third-order valence-electron chi connectivity index (χ3n) is 4.82. The van der Waals surface area contributed by atoms with E-state index >= 15 is 0 Å². The van der Waals surface area contributed by atoms with Crippen molar-refractivity contribution in [2.24, 2.45) is 4.99 Å². The summed E-state index contributed by atoms with van der Waals surface area (Å²) in [5, 5.41) is 0. The normalized spacial score (nSPS) is 12.4. The molecule has 0 unspecified atom stereocenters. The predicted octanol–water partition coefficient (Wildman–Crippen LogP) is 4.53. The second-order valence-electron chi connectivity index (χ2n) is 8.22. The van der Waals surface area contributed by atoms with Crippen molar-refractivity contribution < 1.29 is 14.3 Å². The molecule has 0 saturated carbocycles.